The zero-order valence-electron chi connectivity index (χ0n) is 10.2. The molecule has 3 heteroatoms. The van der Waals surface area contributed by atoms with E-state index < -0.39 is 0 Å². The lowest BCUT2D eigenvalue weighted by Gasteiger charge is -2.43. The predicted molar refractivity (Wildman–Crippen MR) is 72.6 cm³/mol. The number of methoxy groups -OCH3 is 1. The van der Waals surface area contributed by atoms with Crippen molar-refractivity contribution in [2.24, 2.45) is 11.3 Å². The number of thiocarbonyl (C=S) groups is 1. The molecule has 0 aromatic heterocycles. The molecule has 0 aliphatic heterocycles. The molecule has 0 amide bonds. The summed E-state index contributed by atoms with van der Waals surface area (Å²) in [5, 5.41) is 0. The molecule has 1 nitrogen and oxygen atoms in total. The van der Waals surface area contributed by atoms with E-state index in [4.69, 9.17) is 17.0 Å². The Morgan fingerprint density at radius 3 is 2.67 bits per heavy atom. The van der Waals surface area contributed by atoms with Crippen LogP contribution in [0.25, 0.3) is 0 Å². The normalized spacial score (nSPS) is 29.8. The van der Waals surface area contributed by atoms with Crippen LogP contribution in [-0.4, -0.2) is 23.7 Å². The van der Waals surface area contributed by atoms with Crippen molar-refractivity contribution in [3.05, 3.63) is 11.6 Å². The van der Waals surface area contributed by atoms with Crippen LogP contribution in [0.4, 0.5) is 0 Å². The highest BCUT2D eigenvalue weighted by Gasteiger charge is 2.42. The summed E-state index contributed by atoms with van der Waals surface area (Å²) in [5.74, 6) is 0.362. The van der Waals surface area contributed by atoms with Crippen LogP contribution >= 0.6 is 24.0 Å². The Morgan fingerprint density at radius 2 is 2.20 bits per heavy atom. The summed E-state index contributed by atoms with van der Waals surface area (Å²) >= 11 is 7.15. The monoisotopic (exact) mass is 244 g/mol. The number of rotatable bonds is 2. The van der Waals surface area contributed by atoms with Crippen LogP contribution < -0.4 is 0 Å². The maximum absolute atomic E-state index is 5.57. The molecular weight excluding hydrogens is 224 g/mol. The Labute approximate surface area is 103 Å². The molecule has 0 radical (unpaired) electrons. The first kappa shape index (κ1) is 13.2. The molecule has 1 aliphatic carbocycles. The molecule has 0 spiro atoms. The fraction of sp³-hybridized carbons (Fsp3) is 0.750. The van der Waals surface area contributed by atoms with Gasteiger partial charge in [-0.05, 0) is 19.6 Å². The number of hydrogen-bond acceptors (Lipinski definition) is 3. The molecule has 15 heavy (non-hydrogen) atoms. The van der Waals surface area contributed by atoms with Gasteiger partial charge in [0.1, 0.15) is 0 Å². The van der Waals surface area contributed by atoms with E-state index in [1.807, 2.05) is 0 Å². The standard InChI is InChI=1S/C12H20OS2/c1-8-6-7-9(13-4)12(2,3)10(8)11(14)15-5/h6,9-10H,7H2,1-5H3. The van der Waals surface area contributed by atoms with Gasteiger partial charge in [0.05, 0.1) is 10.3 Å². The highest BCUT2D eigenvalue weighted by molar-refractivity contribution is 8.22. The number of thioether (sulfide) groups is 1. The van der Waals surface area contributed by atoms with Crippen LogP contribution in [0.3, 0.4) is 0 Å². The minimum atomic E-state index is 0.105. The average molecular weight is 244 g/mol. The topological polar surface area (TPSA) is 9.23 Å². The Bertz CT molecular complexity index is 281. The Hall–Kier alpha value is 0.140. The van der Waals surface area contributed by atoms with Crippen molar-refractivity contribution in [1.82, 2.24) is 0 Å². The van der Waals surface area contributed by atoms with E-state index in [9.17, 15) is 0 Å². The zero-order valence-corrected chi connectivity index (χ0v) is 11.8. The molecule has 0 saturated heterocycles. The second-order valence-electron chi connectivity index (χ2n) is 4.69. The lowest BCUT2D eigenvalue weighted by Crippen LogP contribution is -2.43. The third-order valence-corrected chi connectivity index (χ3v) is 4.78. The largest absolute Gasteiger partial charge is 0.381 e. The van der Waals surface area contributed by atoms with Crippen LogP contribution in [0.5, 0.6) is 0 Å². The van der Waals surface area contributed by atoms with Crippen molar-refractivity contribution >= 4 is 28.2 Å². The van der Waals surface area contributed by atoms with Crippen molar-refractivity contribution < 1.29 is 4.74 Å². The van der Waals surface area contributed by atoms with Gasteiger partial charge in [-0.15, -0.1) is 11.8 Å². The molecule has 0 aromatic rings. The van der Waals surface area contributed by atoms with Crippen molar-refractivity contribution in [3.63, 3.8) is 0 Å². The predicted octanol–water partition coefficient (Wildman–Crippen LogP) is 3.68. The summed E-state index contributed by atoms with van der Waals surface area (Å²) in [4.78, 5) is 0. The summed E-state index contributed by atoms with van der Waals surface area (Å²) in [5.41, 5.74) is 1.50. The second-order valence-corrected chi connectivity index (χ2v) is 6.23. The van der Waals surface area contributed by atoms with Crippen LogP contribution in [-0.2, 0) is 4.74 Å². The summed E-state index contributed by atoms with van der Waals surface area (Å²) in [6.07, 6.45) is 5.61. The van der Waals surface area contributed by atoms with E-state index in [0.29, 0.717) is 5.92 Å². The molecule has 2 atom stereocenters. The highest BCUT2D eigenvalue weighted by Crippen LogP contribution is 2.44. The SMILES string of the molecule is COC1CC=C(C)C(C(=S)SC)C1(C)C. The maximum atomic E-state index is 5.57. The van der Waals surface area contributed by atoms with Crippen LogP contribution in [0.1, 0.15) is 27.2 Å². The fourth-order valence-corrected chi connectivity index (χ4v) is 3.71. The number of hydrogen-bond donors (Lipinski definition) is 0. The lowest BCUT2D eigenvalue weighted by atomic mass is 9.67. The van der Waals surface area contributed by atoms with Crippen molar-refractivity contribution in [2.45, 2.75) is 33.3 Å². The van der Waals surface area contributed by atoms with Gasteiger partial charge in [-0.25, -0.2) is 0 Å². The molecule has 0 fully saturated rings. The summed E-state index contributed by atoms with van der Waals surface area (Å²) in [7, 11) is 1.79. The van der Waals surface area contributed by atoms with Gasteiger partial charge in [0.15, 0.2) is 0 Å². The first-order valence-corrected chi connectivity index (χ1v) is 6.85. The summed E-state index contributed by atoms with van der Waals surface area (Å²) in [6.45, 7) is 6.69. The quantitative estimate of drug-likeness (QED) is 0.541. The maximum Gasteiger partial charge on any atom is 0.0666 e. The van der Waals surface area contributed by atoms with Gasteiger partial charge < -0.3 is 4.74 Å². The molecule has 86 valence electrons. The van der Waals surface area contributed by atoms with Gasteiger partial charge >= 0.3 is 0 Å². The molecule has 0 aromatic carbocycles. The number of ether oxygens (including phenoxy) is 1. The summed E-state index contributed by atoms with van der Waals surface area (Å²) in [6, 6.07) is 0. The first-order chi connectivity index (χ1) is 6.95. The van der Waals surface area contributed by atoms with Crippen molar-refractivity contribution in [1.29, 1.82) is 0 Å². The van der Waals surface area contributed by atoms with Crippen LogP contribution in [0.15, 0.2) is 11.6 Å². The van der Waals surface area contributed by atoms with Gasteiger partial charge in [0.2, 0.25) is 0 Å². The molecule has 0 heterocycles. The van der Waals surface area contributed by atoms with E-state index in [0.717, 1.165) is 10.6 Å². The van der Waals surface area contributed by atoms with Gasteiger partial charge in [-0.3, -0.25) is 0 Å². The third-order valence-electron chi connectivity index (χ3n) is 3.40. The van der Waals surface area contributed by atoms with Gasteiger partial charge in [0.25, 0.3) is 0 Å². The van der Waals surface area contributed by atoms with E-state index in [2.05, 4.69) is 33.1 Å². The van der Waals surface area contributed by atoms with Gasteiger partial charge in [0, 0.05) is 18.4 Å². The van der Waals surface area contributed by atoms with Crippen molar-refractivity contribution in [3.8, 4) is 0 Å². The molecule has 0 saturated carbocycles. The Morgan fingerprint density at radius 1 is 1.60 bits per heavy atom. The minimum Gasteiger partial charge on any atom is -0.381 e. The smallest absolute Gasteiger partial charge is 0.0666 e. The van der Waals surface area contributed by atoms with Crippen LogP contribution in [0, 0.1) is 11.3 Å². The van der Waals surface area contributed by atoms with E-state index in [1.165, 1.54) is 5.57 Å². The molecule has 0 bridgehead atoms. The first-order valence-electron chi connectivity index (χ1n) is 5.22. The molecule has 0 N–H and O–H groups in total. The lowest BCUT2D eigenvalue weighted by molar-refractivity contribution is -0.00821. The number of allylic oxidation sites excluding steroid dienone is 1. The average Bonchev–Trinajstić information content (AvgIpc) is 2.16. The highest BCUT2D eigenvalue weighted by atomic mass is 32.2. The Balaban J connectivity index is 3.04. The molecular formula is C12H20OS2. The third kappa shape index (κ3) is 2.45. The van der Waals surface area contributed by atoms with Crippen molar-refractivity contribution in [2.75, 3.05) is 13.4 Å². The Kier molecular flexibility index (Phi) is 4.38. The van der Waals surface area contributed by atoms with E-state index >= 15 is 0 Å². The van der Waals surface area contributed by atoms with E-state index in [1.54, 1.807) is 18.9 Å². The zero-order chi connectivity index (χ0) is 11.6. The van der Waals surface area contributed by atoms with Gasteiger partial charge in [-0.1, -0.05) is 37.7 Å². The fourth-order valence-electron chi connectivity index (χ4n) is 2.49. The van der Waals surface area contributed by atoms with E-state index in [-0.39, 0.29) is 11.5 Å². The second kappa shape index (κ2) is 4.98. The van der Waals surface area contributed by atoms with Crippen LogP contribution in [0.2, 0.25) is 0 Å². The molecule has 2 unspecified atom stereocenters. The summed E-state index contributed by atoms with van der Waals surface area (Å²) < 4.78 is 6.65. The molecule has 1 aliphatic rings. The van der Waals surface area contributed by atoms with Gasteiger partial charge in [-0.2, -0.15) is 0 Å². The minimum absolute atomic E-state index is 0.105. The molecule has 1 rings (SSSR count).